The van der Waals surface area contributed by atoms with Gasteiger partial charge < -0.3 is 16.2 Å². The Morgan fingerprint density at radius 3 is 2.59 bits per heavy atom. The van der Waals surface area contributed by atoms with Crippen molar-refractivity contribution in [2.45, 2.75) is 25.8 Å². The van der Waals surface area contributed by atoms with E-state index >= 15 is 0 Å². The number of hydrogen-bond donors (Lipinski definition) is 3. The number of primary amides is 1. The van der Waals surface area contributed by atoms with Crippen LogP contribution >= 0.6 is 0 Å². The van der Waals surface area contributed by atoms with E-state index in [0.29, 0.717) is 17.7 Å². The van der Waals surface area contributed by atoms with Gasteiger partial charge in [0, 0.05) is 5.69 Å². The zero-order valence-electron chi connectivity index (χ0n) is 9.64. The molecule has 0 radical (unpaired) electrons. The van der Waals surface area contributed by atoms with Crippen LogP contribution in [0.2, 0.25) is 0 Å². The molecule has 0 bridgehead atoms. The number of para-hydroxylation sites is 1. The van der Waals surface area contributed by atoms with Crippen LogP contribution in [-0.2, 0) is 16.0 Å². The molecule has 1 aromatic rings. The number of carboxylic acids is 1. The van der Waals surface area contributed by atoms with Gasteiger partial charge in [0.2, 0.25) is 5.91 Å². The molecule has 1 amide bonds. The second-order valence-corrected chi connectivity index (χ2v) is 3.74. The summed E-state index contributed by atoms with van der Waals surface area (Å²) in [5.41, 5.74) is 6.48. The molecular weight excluding hydrogens is 220 g/mol. The minimum atomic E-state index is -0.915. The van der Waals surface area contributed by atoms with E-state index in [1.54, 1.807) is 31.2 Å². The molecule has 1 atom stereocenters. The quantitative estimate of drug-likeness (QED) is 0.686. The fourth-order valence-electron chi connectivity index (χ4n) is 1.53. The van der Waals surface area contributed by atoms with E-state index in [4.69, 9.17) is 10.8 Å². The van der Waals surface area contributed by atoms with Gasteiger partial charge in [0.1, 0.15) is 6.04 Å². The highest BCUT2D eigenvalue weighted by Crippen LogP contribution is 2.17. The molecule has 0 aliphatic rings. The zero-order valence-corrected chi connectivity index (χ0v) is 9.64. The minimum Gasteiger partial charge on any atom is -0.480 e. The Morgan fingerprint density at radius 2 is 2.06 bits per heavy atom. The van der Waals surface area contributed by atoms with Crippen LogP contribution in [0.15, 0.2) is 24.3 Å². The van der Waals surface area contributed by atoms with Gasteiger partial charge >= 0.3 is 5.97 Å². The number of benzene rings is 1. The molecule has 0 aliphatic heterocycles. The largest absolute Gasteiger partial charge is 0.480 e. The monoisotopic (exact) mass is 236 g/mol. The Hall–Kier alpha value is -2.04. The van der Waals surface area contributed by atoms with Crippen LogP contribution in [0.25, 0.3) is 0 Å². The maximum Gasteiger partial charge on any atom is 0.326 e. The molecule has 1 aromatic carbocycles. The van der Waals surface area contributed by atoms with Gasteiger partial charge in [-0.25, -0.2) is 4.79 Å². The predicted molar refractivity (Wildman–Crippen MR) is 64.7 cm³/mol. The fourth-order valence-corrected chi connectivity index (χ4v) is 1.53. The highest BCUT2D eigenvalue weighted by atomic mass is 16.4. The molecule has 0 fully saturated rings. The molecule has 0 heterocycles. The topological polar surface area (TPSA) is 92.4 Å². The first-order chi connectivity index (χ1) is 8.04. The number of carbonyl (C=O) groups is 2. The second kappa shape index (κ2) is 5.89. The van der Waals surface area contributed by atoms with Crippen molar-refractivity contribution in [3.63, 3.8) is 0 Å². The van der Waals surface area contributed by atoms with Gasteiger partial charge in [0.15, 0.2) is 0 Å². The van der Waals surface area contributed by atoms with Crippen molar-refractivity contribution in [2.75, 3.05) is 5.32 Å². The predicted octanol–water partition coefficient (Wildman–Crippen LogP) is 0.990. The van der Waals surface area contributed by atoms with E-state index in [1.165, 1.54) is 0 Å². The van der Waals surface area contributed by atoms with Crippen molar-refractivity contribution >= 4 is 17.6 Å². The van der Waals surface area contributed by atoms with E-state index in [0.717, 1.165) is 0 Å². The molecule has 4 N–H and O–H groups in total. The first-order valence-electron chi connectivity index (χ1n) is 5.40. The second-order valence-electron chi connectivity index (χ2n) is 3.74. The Labute approximate surface area is 99.6 Å². The van der Waals surface area contributed by atoms with Gasteiger partial charge in [-0.1, -0.05) is 25.1 Å². The highest BCUT2D eigenvalue weighted by molar-refractivity contribution is 5.81. The van der Waals surface area contributed by atoms with E-state index < -0.39 is 17.9 Å². The first-order valence-corrected chi connectivity index (χ1v) is 5.40. The molecule has 5 heteroatoms. The lowest BCUT2D eigenvalue weighted by Gasteiger charge is -2.16. The third kappa shape index (κ3) is 3.79. The van der Waals surface area contributed by atoms with E-state index in [9.17, 15) is 9.59 Å². The summed E-state index contributed by atoms with van der Waals surface area (Å²) in [5, 5.41) is 11.8. The number of nitrogens with two attached hydrogens (primary N) is 1. The van der Waals surface area contributed by atoms with Crippen LogP contribution in [0.4, 0.5) is 5.69 Å². The van der Waals surface area contributed by atoms with Gasteiger partial charge in [-0.15, -0.1) is 0 Å². The minimum absolute atomic E-state index is 0.0965. The van der Waals surface area contributed by atoms with Crippen LogP contribution in [-0.4, -0.2) is 23.0 Å². The van der Waals surface area contributed by atoms with Crippen LogP contribution in [0.1, 0.15) is 18.9 Å². The van der Waals surface area contributed by atoms with Crippen LogP contribution in [0.3, 0.4) is 0 Å². The summed E-state index contributed by atoms with van der Waals surface area (Å²) in [6.45, 7) is 1.78. The Bertz CT molecular complexity index is 418. The normalized spacial score (nSPS) is 11.8. The molecule has 1 unspecified atom stereocenters. The summed E-state index contributed by atoms with van der Waals surface area (Å²) >= 11 is 0. The Balaban J connectivity index is 2.89. The third-order valence-corrected chi connectivity index (χ3v) is 2.42. The standard InChI is InChI=1S/C12H16N2O3/c1-2-9(12(16)17)14-10-6-4-3-5-8(10)7-11(13)15/h3-6,9,14H,2,7H2,1H3,(H2,13,15)(H,16,17). The maximum absolute atomic E-state index is 10.9. The van der Waals surface area contributed by atoms with E-state index in [2.05, 4.69) is 5.32 Å². The molecule has 17 heavy (non-hydrogen) atoms. The van der Waals surface area contributed by atoms with Gasteiger partial charge in [0.25, 0.3) is 0 Å². The van der Waals surface area contributed by atoms with Gasteiger partial charge in [-0.05, 0) is 18.1 Å². The summed E-state index contributed by atoms with van der Waals surface area (Å²) in [7, 11) is 0. The molecule has 0 spiro atoms. The van der Waals surface area contributed by atoms with E-state index in [-0.39, 0.29) is 6.42 Å². The molecule has 0 saturated heterocycles. The van der Waals surface area contributed by atoms with Crippen LogP contribution in [0, 0.1) is 0 Å². The van der Waals surface area contributed by atoms with Crippen LogP contribution in [0.5, 0.6) is 0 Å². The first kappa shape index (κ1) is 13.0. The molecular formula is C12H16N2O3. The van der Waals surface area contributed by atoms with Crippen molar-refractivity contribution in [3.05, 3.63) is 29.8 Å². The van der Waals surface area contributed by atoms with Gasteiger partial charge in [-0.2, -0.15) is 0 Å². The third-order valence-electron chi connectivity index (χ3n) is 2.42. The average Bonchev–Trinajstić information content (AvgIpc) is 2.26. The van der Waals surface area contributed by atoms with Crippen molar-refractivity contribution in [1.29, 1.82) is 0 Å². The Morgan fingerprint density at radius 1 is 1.41 bits per heavy atom. The average molecular weight is 236 g/mol. The maximum atomic E-state index is 10.9. The molecule has 0 aliphatic carbocycles. The summed E-state index contributed by atoms with van der Waals surface area (Å²) in [5.74, 6) is -1.36. The molecule has 0 aromatic heterocycles. The highest BCUT2D eigenvalue weighted by Gasteiger charge is 2.16. The number of amides is 1. The molecule has 1 rings (SSSR count). The van der Waals surface area contributed by atoms with Crippen molar-refractivity contribution in [3.8, 4) is 0 Å². The van der Waals surface area contributed by atoms with Crippen molar-refractivity contribution in [1.82, 2.24) is 0 Å². The summed E-state index contributed by atoms with van der Waals surface area (Å²) in [6, 6.07) is 6.39. The number of rotatable bonds is 6. The smallest absolute Gasteiger partial charge is 0.326 e. The number of hydrogen-bond acceptors (Lipinski definition) is 3. The SMILES string of the molecule is CCC(Nc1ccccc1CC(N)=O)C(=O)O. The number of carbonyl (C=O) groups excluding carboxylic acids is 1. The molecule has 5 nitrogen and oxygen atoms in total. The van der Waals surface area contributed by atoms with Crippen molar-refractivity contribution in [2.24, 2.45) is 5.73 Å². The number of aliphatic carboxylic acids is 1. The number of nitrogens with one attached hydrogen (secondary N) is 1. The van der Waals surface area contributed by atoms with Crippen molar-refractivity contribution < 1.29 is 14.7 Å². The summed E-state index contributed by atoms with van der Waals surface area (Å²) < 4.78 is 0. The Kier molecular flexibility index (Phi) is 4.51. The molecule has 0 saturated carbocycles. The molecule has 92 valence electrons. The summed E-state index contributed by atoms with van der Waals surface area (Å²) in [6.07, 6.45) is 0.555. The lowest BCUT2D eigenvalue weighted by atomic mass is 10.1. The summed E-state index contributed by atoms with van der Waals surface area (Å²) in [4.78, 5) is 21.8. The fraction of sp³-hybridized carbons (Fsp3) is 0.333. The zero-order chi connectivity index (χ0) is 12.8. The number of anilines is 1. The van der Waals surface area contributed by atoms with E-state index in [1.807, 2.05) is 0 Å². The van der Waals surface area contributed by atoms with Crippen LogP contribution < -0.4 is 11.1 Å². The van der Waals surface area contributed by atoms with Gasteiger partial charge in [-0.3, -0.25) is 4.79 Å². The lowest BCUT2D eigenvalue weighted by Crippen LogP contribution is -2.29. The van der Waals surface area contributed by atoms with Gasteiger partial charge in [0.05, 0.1) is 6.42 Å². The number of carboxylic acid groups (broad SMARTS) is 1. The lowest BCUT2D eigenvalue weighted by molar-refractivity contribution is -0.138.